The topological polar surface area (TPSA) is 17.1 Å². The van der Waals surface area contributed by atoms with Gasteiger partial charge in [0.05, 0.1) is 0 Å². The molecule has 0 heterocycles. The second kappa shape index (κ2) is 16.3. The molecule has 0 atom stereocenters. The second-order valence-corrected chi connectivity index (χ2v) is 0. The summed E-state index contributed by atoms with van der Waals surface area (Å²) < 4.78 is 8.42. The van der Waals surface area contributed by atoms with Gasteiger partial charge in [0.2, 0.25) is 0 Å². The van der Waals surface area contributed by atoms with Gasteiger partial charge < -0.3 is 0 Å². The Morgan fingerprint density at radius 2 is 1.25 bits per heavy atom. The van der Waals surface area contributed by atoms with Crippen LogP contribution in [0.5, 0.6) is 0 Å². The minimum atomic E-state index is -0.1000. The molecule has 0 aliphatic heterocycles. The quantitative estimate of drug-likeness (QED) is 0.488. The molecule has 0 saturated heterocycles. The Labute approximate surface area is 102 Å². The van der Waals surface area contributed by atoms with E-state index < -0.39 is 0 Å². The largest absolute Gasteiger partial charge is 0 e. The van der Waals surface area contributed by atoms with Gasteiger partial charge in [-0.15, -0.1) is 0 Å². The normalized spacial score (nSPS) is 0.750. The van der Waals surface area contributed by atoms with Gasteiger partial charge in [-0.1, -0.05) is 0 Å². The van der Waals surface area contributed by atoms with Crippen LogP contribution < -0.4 is 0 Å². The van der Waals surface area contributed by atoms with Crippen molar-refractivity contribution in [2.75, 3.05) is 0 Å². The summed E-state index contributed by atoms with van der Waals surface area (Å²) in [6.07, 6.45) is 0. The van der Waals surface area contributed by atoms with E-state index in [1.165, 1.54) is 0 Å². The zero-order valence-electron chi connectivity index (χ0n) is 1.69. The molecule has 0 amide bonds. The molecule has 4 heteroatoms. The summed E-state index contributed by atoms with van der Waals surface area (Å²) in [6.45, 7) is 0. The summed E-state index contributed by atoms with van der Waals surface area (Å²) in [6, 6.07) is 0. The third-order valence-electron chi connectivity index (χ3n) is 0. The van der Waals surface area contributed by atoms with E-state index in [1.54, 1.807) is 0 Å². The maximum Gasteiger partial charge on any atom is 0 e. The summed E-state index contributed by atoms with van der Waals surface area (Å²) in [7, 11) is 0. The van der Waals surface area contributed by atoms with Crippen LogP contribution in [0.4, 0.5) is 0 Å². The summed E-state index contributed by atoms with van der Waals surface area (Å²) in [4.78, 5) is 0. The average molecular weight is 310 g/mol. The third-order valence-corrected chi connectivity index (χ3v) is 0. The summed E-state index contributed by atoms with van der Waals surface area (Å²) in [5, 5.41) is 0. The van der Waals surface area contributed by atoms with Gasteiger partial charge in [-0.3, -0.25) is 0 Å². The number of hydrogen-bond donors (Lipinski definition) is 0. The molecule has 0 aliphatic carbocycles. The van der Waals surface area contributed by atoms with Crippen molar-refractivity contribution in [1.82, 2.24) is 0 Å². The molecule has 0 N–H and O–H groups in total. The van der Waals surface area contributed by atoms with Gasteiger partial charge in [0.25, 0.3) is 0 Å². The molecule has 0 aromatic heterocycles. The standard InChI is InChI=1S/In.O.Sr.Y.3H. The maximum absolute atomic E-state index is 8.42. The van der Waals surface area contributed by atoms with Crippen LogP contribution in [0.25, 0.3) is 0 Å². The van der Waals surface area contributed by atoms with Gasteiger partial charge in [0.1, 0.15) is 0 Å². The summed E-state index contributed by atoms with van der Waals surface area (Å²) in [5.41, 5.74) is 0. The van der Waals surface area contributed by atoms with Gasteiger partial charge in [-0.25, -0.2) is 0 Å². The second-order valence-electron chi connectivity index (χ2n) is 0. The van der Waals surface area contributed by atoms with E-state index in [2.05, 4.69) is 0 Å². The van der Waals surface area contributed by atoms with Crippen molar-refractivity contribution in [3.05, 3.63) is 0 Å². The minimum absolute atomic E-state index is 0. The molecule has 0 aliphatic rings. The fourth-order valence-corrected chi connectivity index (χ4v) is 0. The predicted molar refractivity (Wildman–Crippen MR) is 16.4 cm³/mol. The Bertz CT molecular complexity index is 8.00. The van der Waals surface area contributed by atoms with E-state index in [0.717, 1.165) is 0 Å². The molecule has 0 aromatic rings. The van der Waals surface area contributed by atoms with E-state index >= 15 is 0 Å². The molecular formula is H3InOSrY. The van der Waals surface area contributed by atoms with Crippen molar-refractivity contribution in [2.24, 2.45) is 0 Å². The van der Waals surface area contributed by atoms with Crippen molar-refractivity contribution < 1.29 is 35.6 Å². The Balaban J connectivity index is -0.00000000500. The predicted octanol–water partition coefficient (Wildman–Crippen LogP) is -1.69. The first kappa shape index (κ1) is 15.7. The zero-order valence-corrected chi connectivity index (χ0v) is 8.57. The molecule has 17 valence electrons. The van der Waals surface area contributed by atoms with Gasteiger partial charge in [0.15, 0.2) is 0 Å². The van der Waals surface area contributed by atoms with E-state index in [4.69, 9.17) is 2.85 Å². The average Bonchev–Trinajstić information content (AvgIpc) is 1.00. The SMILES string of the molecule is [O]=[InH].[SrH2].[Y]. The van der Waals surface area contributed by atoms with E-state index in [1.807, 2.05) is 0 Å². The molecule has 0 spiro atoms. The van der Waals surface area contributed by atoms with Crippen molar-refractivity contribution in [3.8, 4) is 0 Å². The van der Waals surface area contributed by atoms with Gasteiger partial charge in [-0.2, -0.15) is 0 Å². The maximum atomic E-state index is 8.42. The van der Waals surface area contributed by atoms with E-state index in [0.29, 0.717) is 0 Å². The van der Waals surface area contributed by atoms with Crippen LogP contribution in [-0.4, -0.2) is 69.9 Å². The molecule has 1 nitrogen and oxygen atoms in total. The molecular weight excluding hydrogens is 307 g/mol. The molecule has 0 rings (SSSR count). The van der Waals surface area contributed by atoms with Crippen LogP contribution in [0.2, 0.25) is 0 Å². The fourth-order valence-electron chi connectivity index (χ4n) is 0. The first-order chi connectivity index (χ1) is 1.00. The van der Waals surface area contributed by atoms with Crippen LogP contribution in [-0.2, 0) is 35.6 Å². The third kappa shape index (κ3) is 8.98. The fraction of sp³-hybridized carbons (Fsp3) is 0. The Kier molecular flexibility index (Phi) is 63.9. The van der Waals surface area contributed by atoms with E-state index in [-0.39, 0.29) is 103 Å². The van der Waals surface area contributed by atoms with Gasteiger partial charge in [0, 0.05) is 32.7 Å². The monoisotopic (exact) mass is 311 g/mol. The Morgan fingerprint density at radius 1 is 1.25 bits per heavy atom. The molecule has 1 radical (unpaired) electrons. The molecule has 0 fully saturated rings. The van der Waals surface area contributed by atoms with Crippen molar-refractivity contribution in [3.63, 3.8) is 0 Å². The van der Waals surface area contributed by atoms with Crippen molar-refractivity contribution in [2.45, 2.75) is 0 Å². The summed E-state index contributed by atoms with van der Waals surface area (Å²) in [5.74, 6) is 0. The molecule has 0 saturated carbocycles. The number of rotatable bonds is 0. The Morgan fingerprint density at radius 3 is 1.25 bits per heavy atom. The van der Waals surface area contributed by atoms with Gasteiger partial charge >= 0.3 is 72.7 Å². The van der Waals surface area contributed by atoms with Crippen LogP contribution in [0.3, 0.4) is 0 Å². The molecule has 4 heavy (non-hydrogen) atoms. The van der Waals surface area contributed by atoms with Crippen LogP contribution >= 0.6 is 0 Å². The first-order valence-electron chi connectivity index (χ1n) is 0.289. The smallest absolute Gasteiger partial charge is 0 e. The van der Waals surface area contributed by atoms with E-state index in [9.17, 15) is 0 Å². The van der Waals surface area contributed by atoms with Gasteiger partial charge in [-0.05, 0) is 0 Å². The molecule has 0 aromatic carbocycles. The minimum Gasteiger partial charge on any atom is 0 e. The molecule has 0 unspecified atom stereocenters. The zero-order chi connectivity index (χ0) is 2.00. The van der Waals surface area contributed by atoms with Crippen molar-refractivity contribution >= 4 is 69.9 Å². The van der Waals surface area contributed by atoms with Crippen molar-refractivity contribution in [1.29, 1.82) is 0 Å². The van der Waals surface area contributed by atoms with Crippen LogP contribution in [0.15, 0.2) is 0 Å². The number of hydrogen-bond acceptors (Lipinski definition) is 1. The Hall–Kier alpha value is 3.25. The van der Waals surface area contributed by atoms with Crippen LogP contribution in [0, 0.1) is 0 Å². The summed E-state index contributed by atoms with van der Waals surface area (Å²) >= 11 is -0.1000. The van der Waals surface area contributed by atoms with Crippen LogP contribution in [0.1, 0.15) is 0 Å². The first-order valence-corrected chi connectivity index (χ1v) is 1.94. The molecule has 0 bridgehead atoms.